The molecule has 0 radical (unpaired) electrons. The molecule has 0 aliphatic carbocycles. The van der Waals surface area contributed by atoms with Crippen LogP contribution >= 0.6 is 23.4 Å². The standard InChI is InChI=1S/C18H15ClN4S/c19-14-2-1-3-15(10-14)21-18-22-17(11-24-18)13-4-6-16(7-5-13)23-9-8-20-12-23/h1-10,12,17H,11H2,(H,21,22). The third-order valence-electron chi connectivity index (χ3n) is 3.81. The van der Waals surface area contributed by atoms with Gasteiger partial charge in [-0.3, -0.25) is 4.99 Å². The number of benzene rings is 2. The van der Waals surface area contributed by atoms with E-state index in [1.807, 2.05) is 35.0 Å². The minimum atomic E-state index is 0.175. The summed E-state index contributed by atoms with van der Waals surface area (Å²) >= 11 is 7.75. The molecule has 4 nitrogen and oxygen atoms in total. The Morgan fingerprint density at radius 3 is 2.79 bits per heavy atom. The summed E-state index contributed by atoms with van der Waals surface area (Å²) in [6.45, 7) is 0. The van der Waals surface area contributed by atoms with Crippen LogP contribution in [-0.2, 0) is 0 Å². The summed E-state index contributed by atoms with van der Waals surface area (Å²) in [5, 5.41) is 4.98. The van der Waals surface area contributed by atoms with Gasteiger partial charge in [-0.05, 0) is 35.9 Å². The van der Waals surface area contributed by atoms with Crippen LogP contribution in [0.2, 0.25) is 5.02 Å². The normalized spacial score (nSPS) is 16.9. The van der Waals surface area contributed by atoms with Crippen molar-refractivity contribution in [3.63, 3.8) is 0 Å². The van der Waals surface area contributed by atoms with E-state index in [0.717, 1.165) is 27.3 Å². The number of hydrogen-bond donors (Lipinski definition) is 1. The molecule has 6 heteroatoms. The van der Waals surface area contributed by atoms with Crippen LogP contribution in [0.1, 0.15) is 11.6 Å². The van der Waals surface area contributed by atoms with Gasteiger partial charge in [0.2, 0.25) is 0 Å². The molecule has 0 amide bonds. The Balaban J connectivity index is 1.48. The Morgan fingerprint density at radius 1 is 1.17 bits per heavy atom. The quantitative estimate of drug-likeness (QED) is 0.735. The van der Waals surface area contributed by atoms with E-state index in [4.69, 9.17) is 16.6 Å². The molecule has 0 spiro atoms. The first-order chi connectivity index (χ1) is 11.8. The number of halogens is 1. The van der Waals surface area contributed by atoms with E-state index < -0.39 is 0 Å². The number of amidine groups is 1. The van der Waals surface area contributed by atoms with E-state index in [-0.39, 0.29) is 6.04 Å². The third kappa shape index (κ3) is 3.32. The van der Waals surface area contributed by atoms with Gasteiger partial charge in [-0.1, -0.05) is 41.6 Å². The number of anilines is 1. The number of aromatic nitrogens is 2. The number of aliphatic imine (C=N–C) groups is 1. The summed E-state index contributed by atoms with van der Waals surface area (Å²) in [4.78, 5) is 8.86. The van der Waals surface area contributed by atoms with Crippen LogP contribution in [0, 0.1) is 0 Å². The number of hydrogen-bond acceptors (Lipinski definition) is 4. The van der Waals surface area contributed by atoms with Gasteiger partial charge in [0, 0.05) is 34.5 Å². The zero-order valence-electron chi connectivity index (χ0n) is 12.8. The smallest absolute Gasteiger partial charge is 0.161 e. The zero-order chi connectivity index (χ0) is 16.4. The molecule has 120 valence electrons. The van der Waals surface area contributed by atoms with Crippen LogP contribution in [0.15, 0.2) is 72.2 Å². The van der Waals surface area contributed by atoms with Gasteiger partial charge in [-0.25, -0.2) is 4.98 Å². The monoisotopic (exact) mass is 354 g/mol. The molecule has 1 unspecified atom stereocenters. The lowest BCUT2D eigenvalue weighted by Crippen LogP contribution is -2.04. The van der Waals surface area contributed by atoms with E-state index in [0.29, 0.717) is 0 Å². The predicted octanol–water partition coefficient (Wildman–Crippen LogP) is 4.78. The predicted molar refractivity (Wildman–Crippen MR) is 101 cm³/mol. The van der Waals surface area contributed by atoms with Gasteiger partial charge in [0.25, 0.3) is 0 Å². The fourth-order valence-electron chi connectivity index (χ4n) is 2.58. The van der Waals surface area contributed by atoms with Gasteiger partial charge in [-0.15, -0.1) is 0 Å². The van der Waals surface area contributed by atoms with Crippen molar-refractivity contribution in [2.75, 3.05) is 11.1 Å². The molecular weight excluding hydrogens is 340 g/mol. The highest BCUT2D eigenvalue weighted by molar-refractivity contribution is 8.14. The zero-order valence-corrected chi connectivity index (χ0v) is 14.3. The van der Waals surface area contributed by atoms with Crippen molar-refractivity contribution in [3.8, 4) is 5.69 Å². The van der Waals surface area contributed by atoms with Crippen molar-refractivity contribution in [2.45, 2.75) is 6.04 Å². The molecule has 1 atom stereocenters. The highest BCUT2D eigenvalue weighted by Crippen LogP contribution is 2.31. The van der Waals surface area contributed by atoms with Gasteiger partial charge in [0.05, 0.1) is 12.4 Å². The molecule has 4 rings (SSSR count). The number of imidazole rings is 1. The Hall–Kier alpha value is -2.24. The van der Waals surface area contributed by atoms with Crippen molar-refractivity contribution in [1.82, 2.24) is 9.55 Å². The van der Waals surface area contributed by atoms with Gasteiger partial charge in [0.1, 0.15) is 0 Å². The molecule has 2 aromatic carbocycles. The van der Waals surface area contributed by atoms with Crippen LogP contribution in [-0.4, -0.2) is 20.5 Å². The largest absolute Gasteiger partial charge is 0.335 e. The SMILES string of the molecule is Clc1cccc(NC2=NC(c3ccc(-n4ccnc4)cc3)CS2)c1. The Bertz CT molecular complexity index is 859. The lowest BCUT2D eigenvalue weighted by Gasteiger charge is -2.08. The van der Waals surface area contributed by atoms with Gasteiger partial charge < -0.3 is 9.88 Å². The second-order valence-electron chi connectivity index (χ2n) is 5.46. The lowest BCUT2D eigenvalue weighted by molar-refractivity contribution is 0.848. The molecule has 0 bridgehead atoms. The summed E-state index contributed by atoms with van der Waals surface area (Å²) in [5.74, 6) is 0.938. The van der Waals surface area contributed by atoms with Gasteiger partial charge in [-0.2, -0.15) is 0 Å². The van der Waals surface area contributed by atoms with E-state index in [9.17, 15) is 0 Å². The molecule has 2 heterocycles. The minimum absolute atomic E-state index is 0.175. The van der Waals surface area contributed by atoms with Crippen LogP contribution in [0.5, 0.6) is 0 Å². The summed E-state index contributed by atoms with van der Waals surface area (Å²) in [6, 6.07) is 16.3. The van der Waals surface area contributed by atoms with Crippen LogP contribution in [0.3, 0.4) is 0 Å². The van der Waals surface area contributed by atoms with E-state index in [2.05, 4.69) is 34.6 Å². The number of rotatable bonds is 3. The van der Waals surface area contributed by atoms with E-state index in [1.54, 1.807) is 24.3 Å². The second kappa shape index (κ2) is 6.71. The lowest BCUT2D eigenvalue weighted by atomic mass is 10.1. The van der Waals surface area contributed by atoms with Crippen LogP contribution in [0.25, 0.3) is 5.69 Å². The van der Waals surface area contributed by atoms with Gasteiger partial charge in [0.15, 0.2) is 5.17 Å². The fraction of sp³-hybridized carbons (Fsp3) is 0.111. The third-order valence-corrected chi connectivity index (χ3v) is 5.01. The van der Waals surface area contributed by atoms with Crippen molar-refractivity contribution in [1.29, 1.82) is 0 Å². The maximum Gasteiger partial charge on any atom is 0.161 e. The Morgan fingerprint density at radius 2 is 2.04 bits per heavy atom. The second-order valence-corrected chi connectivity index (χ2v) is 6.90. The van der Waals surface area contributed by atoms with E-state index >= 15 is 0 Å². The van der Waals surface area contributed by atoms with E-state index in [1.165, 1.54) is 5.56 Å². The molecule has 1 aliphatic rings. The molecule has 0 fully saturated rings. The van der Waals surface area contributed by atoms with Gasteiger partial charge >= 0.3 is 0 Å². The highest BCUT2D eigenvalue weighted by Gasteiger charge is 2.20. The topological polar surface area (TPSA) is 42.2 Å². The van der Waals surface area contributed by atoms with Crippen molar-refractivity contribution < 1.29 is 0 Å². The number of nitrogens with one attached hydrogen (secondary N) is 1. The number of nitrogens with zero attached hydrogens (tertiary/aromatic N) is 3. The van der Waals surface area contributed by atoms with Crippen LogP contribution < -0.4 is 5.32 Å². The highest BCUT2D eigenvalue weighted by atomic mass is 35.5. The summed E-state index contributed by atoms with van der Waals surface area (Å²) in [6.07, 6.45) is 5.51. The number of thioether (sulfide) groups is 1. The first-order valence-corrected chi connectivity index (χ1v) is 8.96. The van der Waals surface area contributed by atoms with Crippen molar-refractivity contribution >= 4 is 34.2 Å². The molecule has 0 saturated carbocycles. The summed E-state index contributed by atoms with van der Waals surface area (Å²) in [5.41, 5.74) is 3.28. The average Bonchev–Trinajstić information content (AvgIpc) is 3.27. The Kier molecular flexibility index (Phi) is 4.28. The molecule has 24 heavy (non-hydrogen) atoms. The molecule has 0 saturated heterocycles. The minimum Gasteiger partial charge on any atom is -0.335 e. The first-order valence-electron chi connectivity index (χ1n) is 7.59. The van der Waals surface area contributed by atoms with Crippen molar-refractivity contribution in [3.05, 3.63) is 77.8 Å². The maximum atomic E-state index is 6.02. The summed E-state index contributed by atoms with van der Waals surface area (Å²) in [7, 11) is 0. The molecule has 3 aromatic rings. The molecule has 1 aromatic heterocycles. The van der Waals surface area contributed by atoms with Crippen LogP contribution in [0.4, 0.5) is 5.69 Å². The molecule has 1 aliphatic heterocycles. The van der Waals surface area contributed by atoms with Crippen molar-refractivity contribution in [2.24, 2.45) is 4.99 Å². The first kappa shape index (κ1) is 15.3. The molecule has 1 N–H and O–H groups in total. The fourth-order valence-corrected chi connectivity index (χ4v) is 3.75. The molecular formula is C18H15ClN4S. The average molecular weight is 355 g/mol. The maximum absolute atomic E-state index is 6.02. The Labute approximate surface area is 149 Å². The summed E-state index contributed by atoms with van der Waals surface area (Å²) < 4.78 is 1.99.